The lowest BCUT2D eigenvalue weighted by Gasteiger charge is -2.34. The number of ether oxygens (including phenoxy) is 3. The Morgan fingerprint density at radius 3 is 2.38 bits per heavy atom. The van der Waals surface area contributed by atoms with Crippen molar-refractivity contribution in [1.82, 2.24) is 15.0 Å². The Labute approximate surface area is 197 Å². The van der Waals surface area contributed by atoms with Crippen LogP contribution in [-0.4, -0.2) is 60.7 Å². The van der Waals surface area contributed by atoms with Gasteiger partial charge in [-0.2, -0.15) is 0 Å². The maximum absolute atomic E-state index is 12.8. The first-order valence-corrected chi connectivity index (χ1v) is 11.1. The van der Waals surface area contributed by atoms with Crippen LogP contribution in [0, 0.1) is 5.92 Å². The number of hydrogen-bond donors (Lipinski definition) is 1. The molecule has 1 N–H and O–H groups in total. The number of methoxy groups -OCH3 is 2. The van der Waals surface area contributed by atoms with Crippen molar-refractivity contribution in [2.75, 3.05) is 44.1 Å². The number of rotatable bonds is 7. The third kappa shape index (κ3) is 4.57. The molecule has 0 spiro atoms. The molecule has 1 aromatic carbocycles. The summed E-state index contributed by atoms with van der Waals surface area (Å²) < 4.78 is 16.4. The summed E-state index contributed by atoms with van der Waals surface area (Å²) in [6.07, 6.45) is 5.87. The zero-order chi connectivity index (χ0) is 24.1. The number of aromatic nitrogens is 3. The van der Waals surface area contributed by atoms with Crippen LogP contribution in [0.25, 0.3) is 10.9 Å². The monoisotopic (exact) mass is 465 g/mol. The molecule has 178 valence electrons. The number of benzene rings is 1. The second-order valence-electron chi connectivity index (χ2n) is 7.76. The summed E-state index contributed by atoms with van der Waals surface area (Å²) in [4.78, 5) is 40.3. The highest BCUT2D eigenvalue weighted by atomic mass is 16.5. The van der Waals surface area contributed by atoms with Crippen LogP contribution in [0.2, 0.25) is 0 Å². The Hall–Kier alpha value is -3.95. The minimum atomic E-state index is -0.460. The van der Waals surface area contributed by atoms with Crippen LogP contribution >= 0.6 is 0 Å². The van der Waals surface area contributed by atoms with Crippen molar-refractivity contribution in [2.45, 2.75) is 19.8 Å². The average molecular weight is 466 g/mol. The largest absolute Gasteiger partial charge is 0.496 e. The summed E-state index contributed by atoms with van der Waals surface area (Å²) in [6, 6.07) is 5.27. The standard InChI is InChI=1S/C24H27N5O5/c1-4-34-23(31)16-14-27-20-18(33-3)7-6-17(32-2)19(20)21(16)29-12-8-15(9-13-29)22(30)28-24-25-10-5-11-26-24/h5-7,10-11,14-15H,4,8-9,12-13H2,1-3H3,(H,25,26,28,30). The van der Waals surface area contributed by atoms with E-state index < -0.39 is 5.97 Å². The fourth-order valence-electron chi connectivity index (χ4n) is 4.20. The van der Waals surface area contributed by atoms with Gasteiger partial charge in [0.25, 0.3) is 0 Å². The topological polar surface area (TPSA) is 116 Å². The number of nitrogens with zero attached hydrogens (tertiary/aromatic N) is 4. The van der Waals surface area contributed by atoms with E-state index in [1.807, 2.05) is 0 Å². The Balaban J connectivity index is 1.67. The predicted octanol–water partition coefficient (Wildman–Crippen LogP) is 3.07. The van der Waals surface area contributed by atoms with E-state index in [0.717, 1.165) is 0 Å². The first kappa shape index (κ1) is 23.2. The predicted molar refractivity (Wildman–Crippen MR) is 126 cm³/mol. The first-order valence-electron chi connectivity index (χ1n) is 11.1. The van der Waals surface area contributed by atoms with Gasteiger partial charge in [-0.3, -0.25) is 15.1 Å². The maximum atomic E-state index is 12.8. The van der Waals surface area contributed by atoms with Crippen LogP contribution in [-0.2, 0) is 9.53 Å². The number of amides is 1. The Morgan fingerprint density at radius 2 is 1.74 bits per heavy atom. The molecule has 10 heteroatoms. The molecule has 1 aliphatic rings. The lowest BCUT2D eigenvalue weighted by atomic mass is 9.94. The van der Waals surface area contributed by atoms with E-state index in [1.54, 1.807) is 51.7 Å². The van der Waals surface area contributed by atoms with Crippen molar-refractivity contribution < 1.29 is 23.8 Å². The molecule has 2 aromatic heterocycles. The Morgan fingerprint density at radius 1 is 1.06 bits per heavy atom. The zero-order valence-electron chi connectivity index (χ0n) is 19.4. The van der Waals surface area contributed by atoms with Crippen molar-refractivity contribution >= 4 is 34.4 Å². The van der Waals surface area contributed by atoms with Gasteiger partial charge in [0.05, 0.1) is 31.9 Å². The highest BCUT2D eigenvalue weighted by molar-refractivity contribution is 6.09. The van der Waals surface area contributed by atoms with E-state index in [-0.39, 0.29) is 24.4 Å². The lowest BCUT2D eigenvalue weighted by Crippen LogP contribution is -2.39. The quantitative estimate of drug-likeness (QED) is 0.526. The Kier molecular flexibility index (Phi) is 7.05. The summed E-state index contributed by atoms with van der Waals surface area (Å²) in [6.45, 7) is 3.12. The molecule has 3 aromatic rings. The van der Waals surface area contributed by atoms with E-state index in [9.17, 15) is 9.59 Å². The molecule has 1 amide bonds. The summed E-state index contributed by atoms with van der Waals surface area (Å²) in [5, 5.41) is 3.45. The van der Waals surface area contributed by atoms with Gasteiger partial charge in [0.1, 0.15) is 22.6 Å². The SMILES string of the molecule is CCOC(=O)c1cnc2c(OC)ccc(OC)c2c1N1CCC(C(=O)Nc2ncccn2)CC1. The number of pyridine rings is 1. The number of anilines is 2. The molecule has 1 saturated heterocycles. The molecular formula is C24H27N5O5. The van der Waals surface area contributed by atoms with Crippen molar-refractivity contribution in [3.63, 3.8) is 0 Å². The molecule has 3 heterocycles. The number of fused-ring (bicyclic) bond motifs is 1. The van der Waals surface area contributed by atoms with Crippen LogP contribution in [0.5, 0.6) is 11.5 Å². The second kappa shape index (κ2) is 10.3. The molecule has 0 radical (unpaired) electrons. The van der Waals surface area contributed by atoms with Crippen molar-refractivity contribution in [3.8, 4) is 11.5 Å². The van der Waals surface area contributed by atoms with Gasteiger partial charge in [-0.1, -0.05) is 0 Å². The summed E-state index contributed by atoms with van der Waals surface area (Å²) in [5.41, 5.74) is 1.61. The fraction of sp³-hybridized carbons (Fsp3) is 0.375. The summed E-state index contributed by atoms with van der Waals surface area (Å²) >= 11 is 0. The number of carbonyl (C=O) groups is 2. The van der Waals surface area contributed by atoms with Crippen molar-refractivity contribution in [2.24, 2.45) is 5.92 Å². The third-order valence-electron chi connectivity index (χ3n) is 5.84. The molecule has 0 unspecified atom stereocenters. The maximum Gasteiger partial charge on any atom is 0.341 e. The second-order valence-corrected chi connectivity index (χ2v) is 7.76. The number of piperidine rings is 1. The van der Waals surface area contributed by atoms with Gasteiger partial charge in [0.2, 0.25) is 11.9 Å². The highest BCUT2D eigenvalue weighted by Gasteiger charge is 2.30. The molecule has 1 fully saturated rings. The zero-order valence-corrected chi connectivity index (χ0v) is 19.4. The number of esters is 1. The number of carbonyl (C=O) groups excluding carboxylic acids is 2. The molecular weight excluding hydrogens is 438 g/mol. The lowest BCUT2D eigenvalue weighted by molar-refractivity contribution is -0.120. The number of nitrogens with one attached hydrogen (secondary N) is 1. The minimum Gasteiger partial charge on any atom is -0.496 e. The van der Waals surface area contributed by atoms with Crippen LogP contribution in [0.3, 0.4) is 0 Å². The van der Waals surface area contributed by atoms with Gasteiger partial charge in [0, 0.05) is 37.6 Å². The highest BCUT2D eigenvalue weighted by Crippen LogP contribution is 2.41. The molecule has 1 aliphatic heterocycles. The van der Waals surface area contributed by atoms with E-state index in [2.05, 4.69) is 25.2 Å². The van der Waals surface area contributed by atoms with Gasteiger partial charge in [-0.15, -0.1) is 0 Å². The van der Waals surface area contributed by atoms with Crippen molar-refractivity contribution in [1.29, 1.82) is 0 Å². The third-order valence-corrected chi connectivity index (χ3v) is 5.84. The van der Waals surface area contributed by atoms with Gasteiger partial charge >= 0.3 is 5.97 Å². The van der Waals surface area contributed by atoms with Crippen LogP contribution < -0.4 is 19.7 Å². The fourth-order valence-corrected chi connectivity index (χ4v) is 4.20. The first-order chi connectivity index (χ1) is 16.6. The van der Waals surface area contributed by atoms with E-state index in [4.69, 9.17) is 14.2 Å². The molecule has 0 atom stereocenters. The molecule has 0 bridgehead atoms. The normalized spacial score (nSPS) is 14.0. The summed E-state index contributed by atoms with van der Waals surface area (Å²) in [7, 11) is 3.15. The summed E-state index contributed by atoms with van der Waals surface area (Å²) in [5.74, 6) is 0.662. The van der Waals surface area contributed by atoms with Crippen LogP contribution in [0.15, 0.2) is 36.8 Å². The van der Waals surface area contributed by atoms with E-state index in [0.29, 0.717) is 59.6 Å². The van der Waals surface area contributed by atoms with E-state index >= 15 is 0 Å². The van der Waals surface area contributed by atoms with E-state index in [1.165, 1.54) is 6.20 Å². The smallest absolute Gasteiger partial charge is 0.341 e. The minimum absolute atomic E-state index is 0.115. The molecule has 4 rings (SSSR count). The van der Waals surface area contributed by atoms with Gasteiger partial charge < -0.3 is 19.1 Å². The van der Waals surface area contributed by atoms with Crippen molar-refractivity contribution in [3.05, 3.63) is 42.4 Å². The number of hydrogen-bond acceptors (Lipinski definition) is 9. The van der Waals surface area contributed by atoms with Crippen LogP contribution in [0.4, 0.5) is 11.6 Å². The van der Waals surface area contributed by atoms with Gasteiger partial charge in [-0.25, -0.2) is 14.8 Å². The molecule has 10 nitrogen and oxygen atoms in total. The van der Waals surface area contributed by atoms with Gasteiger partial charge in [-0.05, 0) is 38.0 Å². The average Bonchev–Trinajstić information content (AvgIpc) is 2.88. The Bertz CT molecular complexity index is 1180. The molecule has 34 heavy (non-hydrogen) atoms. The molecule has 0 saturated carbocycles. The van der Waals surface area contributed by atoms with Gasteiger partial charge in [0.15, 0.2) is 0 Å². The van der Waals surface area contributed by atoms with Crippen LogP contribution in [0.1, 0.15) is 30.1 Å². The molecule has 0 aliphatic carbocycles.